The Kier molecular flexibility index (Phi) is 4.21. The van der Waals surface area contributed by atoms with Crippen LogP contribution >= 0.6 is 0 Å². The Morgan fingerprint density at radius 3 is 2.61 bits per heavy atom. The maximum atomic E-state index is 11.6. The van der Waals surface area contributed by atoms with Crippen LogP contribution in [-0.4, -0.2) is 26.0 Å². The second-order valence-corrected chi connectivity index (χ2v) is 4.70. The number of sulfonamides is 1. The molecule has 0 spiro atoms. The molecule has 8 nitrogen and oxygen atoms in total. The first-order valence-corrected chi connectivity index (χ1v) is 6.29. The van der Waals surface area contributed by atoms with Gasteiger partial charge in [0.15, 0.2) is 5.03 Å². The quantitative estimate of drug-likeness (QED) is 0.470. The molecule has 18 heavy (non-hydrogen) atoms. The van der Waals surface area contributed by atoms with Gasteiger partial charge < -0.3 is 4.74 Å². The van der Waals surface area contributed by atoms with Crippen LogP contribution in [-0.2, 0) is 14.8 Å². The zero-order chi connectivity index (χ0) is 13.8. The van der Waals surface area contributed by atoms with Gasteiger partial charge in [-0.05, 0) is 23.9 Å². The summed E-state index contributed by atoms with van der Waals surface area (Å²) in [6, 6.07) is 5.07. The van der Waals surface area contributed by atoms with Crippen molar-refractivity contribution >= 4 is 16.0 Å². The van der Waals surface area contributed by atoms with Crippen LogP contribution in [0.4, 0.5) is 0 Å². The lowest BCUT2D eigenvalue weighted by Gasteiger charge is -2.07. The predicted molar refractivity (Wildman–Crippen MR) is 59.7 cm³/mol. The second kappa shape index (κ2) is 5.45. The van der Waals surface area contributed by atoms with Gasteiger partial charge in [0, 0.05) is 0 Å². The number of hydrazine groups is 1. The van der Waals surface area contributed by atoms with E-state index in [9.17, 15) is 23.3 Å². The predicted octanol–water partition coefficient (Wildman–Crippen LogP) is 0.333. The van der Waals surface area contributed by atoms with E-state index in [0.29, 0.717) is 0 Å². The van der Waals surface area contributed by atoms with Crippen molar-refractivity contribution in [3.63, 3.8) is 0 Å². The molecule has 1 aromatic rings. The number of carbonyl (C=O) groups is 1. The van der Waals surface area contributed by atoms with E-state index in [-0.39, 0.29) is 12.2 Å². The summed E-state index contributed by atoms with van der Waals surface area (Å²) in [7, 11) is -4.40. The molecular weight excluding hydrogens is 264 g/mol. The van der Waals surface area contributed by atoms with Gasteiger partial charge in [0.1, 0.15) is 4.90 Å². The Morgan fingerprint density at radius 2 is 2.06 bits per heavy atom. The number of nitrogens with zero attached hydrogens (tertiary/aromatic N) is 1. The lowest BCUT2D eigenvalue weighted by molar-refractivity contribution is -0.518. The fourth-order valence-electron chi connectivity index (χ4n) is 1.23. The van der Waals surface area contributed by atoms with Crippen molar-refractivity contribution in [3.05, 3.63) is 39.9 Å². The lowest BCUT2D eigenvalue weighted by Crippen LogP contribution is -2.30. The van der Waals surface area contributed by atoms with Crippen LogP contribution in [0.25, 0.3) is 0 Å². The highest BCUT2D eigenvalue weighted by atomic mass is 32.2. The summed E-state index contributed by atoms with van der Waals surface area (Å²) in [5, 5.41) is 8.98. The van der Waals surface area contributed by atoms with Gasteiger partial charge in [-0.1, -0.05) is 12.1 Å². The molecule has 0 saturated carbocycles. The summed E-state index contributed by atoms with van der Waals surface area (Å²) in [6.45, 7) is 1.63. The Hall–Kier alpha value is -2.16. The number of benzene rings is 1. The number of nitrogens with one attached hydrogen (secondary N) is 1. The molecule has 9 heteroatoms. The van der Waals surface area contributed by atoms with Crippen molar-refractivity contribution in [2.24, 2.45) is 0 Å². The van der Waals surface area contributed by atoms with Crippen molar-refractivity contribution in [1.82, 2.24) is 4.83 Å². The molecule has 0 fully saturated rings. The minimum absolute atomic E-state index is 0.0654. The van der Waals surface area contributed by atoms with Crippen molar-refractivity contribution in [2.45, 2.75) is 11.8 Å². The first kappa shape index (κ1) is 13.9. The van der Waals surface area contributed by atoms with Gasteiger partial charge in [0.05, 0.1) is 12.2 Å². The molecule has 0 saturated heterocycles. The van der Waals surface area contributed by atoms with Gasteiger partial charge in [-0.15, -0.1) is 0 Å². The fraction of sp³-hybridized carbons (Fsp3) is 0.222. The second-order valence-electron chi connectivity index (χ2n) is 3.07. The summed E-state index contributed by atoms with van der Waals surface area (Å²) in [5.74, 6) is -0.859. The van der Waals surface area contributed by atoms with Gasteiger partial charge in [-0.3, -0.25) is 0 Å². The number of hydrogen-bond acceptors (Lipinski definition) is 6. The highest BCUT2D eigenvalue weighted by Crippen LogP contribution is 2.16. The van der Waals surface area contributed by atoms with E-state index in [4.69, 9.17) is 0 Å². The van der Waals surface area contributed by atoms with Crippen molar-refractivity contribution in [3.8, 4) is 0 Å². The third kappa shape index (κ3) is 3.17. The van der Waals surface area contributed by atoms with Gasteiger partial charge >= 0.3 is 16.0 Å². The highest BCUT2D eigenvalue weighted by molar-refractivity contribution is 7.89. The maximum Gasteiger partial charge on any atom is 0.339 e. The molecule has 0 aromatic heterocycles. The number of nitro groups is 1. The summed E-state index contributed by atoms with van der Waals surface area (Å²) >= 11 is 0. The van der Waals surface area contributed by atoms with Crippen LogP contribution in [0.5, 0.6) is 0 Å². The zero-order valence-corrected chi connectivity index (χ0v) is 10.1. The van der Waals surface area contributed by atoms with E-state index < -0.39 is 25.9 Å². The van der Waals surface area contributed by atoms with Crippen molar-refractivity contribution in [2.75, 3.05) is 6.61 Å². The first-order valence-electron chi connectivity index (χ1n) is 4.81. The third-order valence-electron chi connectivity index (χ3n) is 1.87. The van der Waals surface area contributed by atoms with Crippen LogP contribution in [0.3, 0.4) is 0 Å². The minimum Gasteiger partial charge on any atom is -0.462 e. The molecule has 1 rings (SSSR count). The third-order valence-corrected chi connectivity index (χ3v) is 3.19. The van der Waals surface area contributed by atoms with Gasteiger partial charge in [0.25, 0.3) is 0 Å². The Labute approximate surface area is 103 Å². The molecule has 0 aliphatic heterocycles. The Balaban J connectivity index is 3.25. The Bertz CT molecular complexity index is 568. The van der Waals surface area contributed by atoms with E-state index in [1.54, 1.807) is 6.92 Å². The molecule has 0 bridgehead atoms. The molecule has 0 atom stereocenters. The molecule has 0 amide bonds. The van der Waals surface area contributed by atoms with E-state index in [1.165, 1.54) is 18.2 Å². The normalized spacial score (nSPS) is 10.7. The maximum absolute atomic E-state index is 11.6. The van der Waals surface area contributed by atoms with Crippen LogP contribution in [0.1, 0.15) is 17.3 Å². The largest absolute Gasteiger partial charge is 0.462 e. The number of hydrogen-bond donors (Lipinski definition) is 1. The average molecular weight is 274 g/mol. The van der Waals surface area contributed by atoms with Gasteiger partial charge in [0.2, 0.25) is 0 Å². The van der Waals surface area contributed by atoms with Crippen LogP contribution in [0, 0.1) is 10.1 Å². The minimum atomic E-state index is -4.40. The number of ether oxygens (including phenoxy) is 1. The SMILES string of the molecule is CCOC(=O)c1ccccc1S(=O)(=O)N[N+](=O)[O-]. The molecule has 0 aliphatic rings. The van der Waals surface area contributed by atoms with Gasteiger partial charge in [-0.25, -0.2) is 14.9 Å². The molecule has 0 aliphatic carbocycles. The molecule has 0 unspecified atom stereocenters. The summed E-state index contributed by atoms with van der Waals surface area (Å²) in [4.78, 5) is 22.4. The van der Waals surface area contributed by atoms with Crippen LogP contribution < -0.4 is 4.83 Å². The van der Waals surface area contributed by atoms with Crippen LogP contribution in [0.15, 0.2) is 29.2 Å². The van der Waals surface area contributed by atoms with Crippen LogP contribution in [0.2, 0.25) is 0 Å². The average Bonchev–Trinajstić information content (AvgIpc) is 2.27. The lowest BCUT2D eigenvalue weighted by atomic mass is 10.2. The highest BCUT2D eigenvalue weighted by Gasteiger charge is 2.26. The van der Waals surface area contributed by atoms with Crippen molar-refractivity contribution in [1.29, 1.82) is 0 Å². The molecule has 1 aromatic carbocycles. The monoisotopic (exact) mass is 274 g/mol. The fourth-order valence-corrected chi connectivity index (χ4v) is 2.22. The van der Waals surface area contributed by atoms with E-state index in [1.807, 2.05) is 0 Å². The molecule has 0 heterocycles. The number of rotatable bonds is 5. The molecular formula is C9H10N2O6S. The number of carbonyl (C=O) groups excluding carboxylic acids is 1. The molecule has 0 radical (unpaired) electrons. The smallest absolute Gasteiger partial charge is 0.339 e. The van der Waals surface area contributed by atoms with E-state index in [0.717, 1.165) is 10.9 Å². The van der Waals surface area contributed by atoms with Crippen molar-refractivity contribution < 1.29 is 23.0 Å². The zero-order valence-electron chi connectivity index (χ0n) is 9.32. The topological polar surface area (TPSA) is 116 Å². The standard InChI is InChI=1S/C9H10N2O6S/c1-2-17-9(12)7-5-3-4-6-8(7)18(15,16)10-11(13)14/h3-6,10H,2H2,1H3. The summed E-state index contributed by atoms with van der Waals surface area (Å²) in [5.41, 5.74) is -0.256. The Morgan fingerprint density at radius 1 is 1.44 bits per heavy atom. The van der Waals surface area contributed by atoms with Gasteiger partial charge in [-0.2, -0.15) is 8.42 Å². The van der Waals surface area contributed by atoms with E-state index >= 15 is 0 Å². The first-order chi connectivity index (χ1) is 8.38. The molecule has 98 valence electrons. The number of esters is 1. The van der Waals surface area contributed by atoms with E-state index in [2.05, 4.69) is 4.74 Å². The summed E-state index contributed by atoms with van der Waals surface area (Å²) in [6.07, 6.45) is 0. The molecule has 1 N–H and O–H groups in total. The summed E-state index contributed by atoms with van der Waals surface area (Å²) < 4.78 is 27.9.